The molecule has 0 bridgehead atoms. The van der Waals surface area contributed by atoms with Gasteiger partial charge in [-0.25, -0.2) is 13.1 Å². The lowest BCUT2D eigenvalue weighted by Gasteiger charge is -2.17. The number of nitrogens with two attached hydrogens (primary N) is 1. The van der Waals surface area contributed by atoms with Gasteiger partial charge in [0.1, 0.15) is 10.6 Å². The molecule has 6 heteroatoms. The lowest BCUT2D eigenvalue weighted by molar-refractivity contribution is 0.401. The molecule has 0 fully saturated rings. The van der Waals surface area contributed by atoms with Crippen LogP contribution in [0.25, 0.3) is 0 Å². The molecule has 0 aromatic heterocycles. The van der Waals surface area contributed by atoms with Gasteiger partial charge in [0.25, 0.3) is 0 Å². The summed E-state index contributed by atoms with van der Waals surface area (Å²) in [6.45, 7) is 5.94. The normalized spacial score (nSPS) is 13.6. The van der Waals surface area contributed by atoms with E-state index in [0.717, 1.165) is 5.56 Å². The number of rotatable bonds is 6. The molecule has 1 rings (SSSR count). The van der Waals surface area contributed by atoms with Crippen LogP contribution >= 0.6 is 0 Å². The molecule has 1 unspecified atom stereocenters. The van der Waals surface area contributed by atoms with Crippen molar-refractivity contribution < 1.29 is 13.2 Å². The topological polar surface area (TPSA) is 81.4 Å². The number of aryl methyl sites for hydroxylation is 1. The molecule has 1 aromatic rings. The van der Waals surface area contributed by atoms with Crippen molar-refractivity contribution in [1.29, 1.82) is 0 Å². The lowest BCUT2D eigenvalue weighted by Crippen LogP contribution is -2.40. The second-order valence-corrected chi connectivity index (χ2v) is 6.65. The third-order valence-corrected chi connectivity index (χ3v) is 4.42. The minimum absolute atomic E-state index is 0.144. The molecular formula is C13H22N2O3S. The number of methoxy groups -OCH3 is 1. The molecule has 0 aliphatic carbocycles. The fraction of sp³-hybridized carbons (Fsp3) is 0.538. The van der Waals surface area contributed by atoms with Gasteiger partial charge in [-0.3, -0.25) is 0 Å². The van der Waals surface area contributed by atoms with Crippen LogP contribution in [0.5, 0.6) is 5.75 Å². The van der Waals surface area contributed by atoms with Crippen LogP contribution in [0.2, 0.25) is 0 Å². The maximum Gasteiger partial charge on any atom is 0.244 e. The zero-order valence-corrected chi connectivity index (χ0v) is 12.6. The quantitative estimate of drug-likeness (QED) is 0.825. The molecule has 0 spiro atoms. The van der Waals surface area contributed by atoms with Crippen molar-refractivity contribution in [3.05, 3.63) is 23.8 Å². The van der Waals surface area contributed by atoms with Gasteiger partial charge in [-0.15, -0.1) is 0 Å². The van der Waals surface area contributed by atoms with Gasteiger partial charge in [0.2, 0.25) is 10.0 Å². The van der Waals surface area contributed by atoms with E-state index >= 15 is 0 Å². The Hall–Kier alpha value is -1.11. The number of sulfonamides is 1. The molecule has 0 saturated carbocycles. The Morgan fingerprint density at radius 1 is 1.37 bits per heavy atom. The summed E-state index contributed by atoms with van der Waals surface area (Å²) in [5, 5.41) is 0. The summed E-state index contributed by atoms with van der Waals surface area (Å²) >= 11 is 0. The molecular weight excluding hydrogens is 264 g/mol. The average Bonchev–Trinajstić information content (AvgIpc) is 2.35. The van der Waals surface area contributed by atoms with Gasteiger partial charge < -0.3 is 10.5 Å². The first-order valence-electron chi connectivity index (χ1n) is 6.18. The largest absolute Gasteiger partial charge is 0.495 e. The van der Waals surface area contributed by atoms with Gasteiger partial charge in [0.05, 0.1) is 7.11 Å². The lowest BCUT2D eigenvalue weighted by atomic mass is 10.1. The fourth-order valence-corrected chi connectivity index (χ4v) is 2.84. The van der Waals surface area contributed by atoms with E-state index in [1.54, 1.807) is 18.2 Å². The third kappa shape index (κ3) is 4.19. The van der Waals surface area contributed by atoms with Crippen molar-refractivity contribution in [1.82, 2.24) is 4.72 Å². The summed E-state index contributed by atoms with van der Waals surface area (Å²) in [4.78, 5) is 0.144. The highest BCUT2D eigenvalue weighted by molar-refractivity contribution is 7.89. The van der Waals surface area contributed by atoms with Crippen LogP contribution in [-0.4, -0.2) is 28.1 Å². The standard InChI is InChI=1S/C13H22N2O3S/c1-9(2)11(14)8-15-19(16,17)13-7-10(3)5-6-12(13)18-4/h5-7,9,11,15H,8,14H2,1-4H3. The molecule has 0 aliphatic rings. The van der Waals surface area contributed by atoms with Crippen molar-refractivity contribution in [3.63, 3.8) is 0 Å². The second-order valence-electron chi connectivity index (χ2n) is 4.91. The first-order chi connectivity index (χ1) is 8.77. The molecule has 0 aliphatic heterocycles. The van der Waals surface area contributed by atoms with Crippen LogP contribution in [0, 0.1) is 12.8 Å². The molecule has 3 N–H and O–H groups in total. The van der Waals surface area contributed by atoms with Gasteiger partial charge in [-0.2, -0.15) is 0 Å². The third-order valence-electron chi connectivity index (χ3n) is 2.97. The smallest absolute Gasteiger partial charge is 0.244 e. The number of nitrogens with one attached hydrogen (secondary N) is 1. The molecule has 0 radical (unpaired) electrons. The van der Waals surface area contributed by atoms with Crippen molar-refractivity contribution in [2.45, 2.75) is 31.7 Å². The Kier molecular flexibility index (Phi) is 5.34. The molecule has 108 valence electrons. The predicted octanol–water partition coefficient (Wildman–Crippen LogP) is 1.27. The first-order valence-corrected chi connectivity index (χ1v) is 7.66. The second kappa shape index (κ2) is 6.36. The molecule has 0 amide bonds. The summed E-state index contributed by atoms with van der Waals surface area (Å²) in [6.07, 6.45) is 0. The van der Waals surface area contributed by atoms with Gasteiger partial charge in [0, 0.05) is 12.6 Å². The predicted molar refractivity (Wildman–Crippen MR) is 75.7 cm³/mol. The highest BCUT2D eigenvalue weighted by Gasteiger charge is 2.21. The summed E-state index contributed by atoms with van der Waals surface area (Å²) in [5.41, 5.74) is 6.70. The number of hydrogen-bond donors (Lipinski definition) is 2. The van der Waals surface area contributed by atoms with E-state index in [1.807, 2.05) is 20.8 Å². The molecule has 1 aromatic carbocycles. The fourth-order valence-electron chi connectivity index (χ4n) is 1.51. The minimum Gasteiger partial charge on any atom is -0.495 e. The summed E-state index contributed by atoms with van der Waals surface area (Å²) in [7, 11) is -2.16. The number of benzene rings is 1. The molecule has 5 nitrogen and oxygen atoms in total. The highest BCUT2D eigenvalue weighted by atomic mass is 32.2. The monoisotopic (exact) mass is 286 g/mol. The Labute approximate surface area is 115 Å². The van der Waals surface area contributed by atoms with Crippen LogP contribution in [-0.2, 0) is 10.0 Å². The van der Waals surface area contributed by atoms with E-state index in [2.05, 4.69) is 4.72 Å². The summed E-state index contributed by atoms with van der Waals surface area (Å²) in [6, 6.07) is 4.82. The molecule has 0 heterocycles. The van der Waals surface area contributed by atoms with Crippen LogP contribution in [0.4, 0.5) is 0 Å². The molecule has 0 saturated heterocycles. The zero-order valence-electron chi connectivity index (χ0n) is 11.8. The van der Waals surface area contributed by atoms with Crippen LogP contribution in [0.1, 0.15) is 19.4 Å². The SMILES string of the molecule is COc1ccc(C)cc1S(=O)(=O)NCC(N)C(C)C. The Morgan fingerprint density at radius 3 is 2.53 bits per heavy atom. The minimum atomic E-state index is -3.61. The van der Waals surface area contributed by atoms with E-state index in [1.165, 1.54) is 7.11 Å². The maximum atomic E-state index is 12.2. The van der Waals surface area contributed by atoms with Gasteiger partial charge in [0.15, 0.2) is 0 Å². The van der Waals surface area contributed by atoms with Crippen molar-refractivity contribution in [3.8, 4) is 5.75 Å². The average molecular weight is 286 g/mol. The Morgan fingerprint density at radius 2 is 2.00 bits per heavy atom. The van der Waals surface area contributed by atoms with E-state index in [9.17, 15) is 8.42 Å². The van der Waals surface area contributed by atoms with Crippen molar-refractivity contribution in [2.24, 2.45) is 11.7 Å². The van der Waals surface area contributed by atoms with E-state index < -0.39 is 10.0 Å². The van der Waals surface area contributed by atoms with Crippen molar-refractivity contribution >= 4 is 10.0 Å². The summed E-state index contributed by atoms with van der Waals surface area (Å²) < 4.78 is 32.1. The summed E-state index contributed by atoms with van der Waals surface area (Å²) in [5.74, 6) is 0.540. The van der Waals surface area contributed by atoms with Crippen LogP contribution in [0.3, 0.4) is 0 Å². The van der Waals surface area contributed by atoms with Crippen LogP contribution < -0.4 is 15.2 Å². The maximum absolute atomic E-state index is 12.2. The first kappa shape index (κ1) is 15.9. The Balaban J connectivity index is 2.97. The van der Waals surface area contributed by atoms with Crippen LogP contribution in [0.15, 0.2) is 23.1 Å². The molecule has 1 atom stereocenters. The molecule has 19 heavy (non-hydrogen) atoms. The number of hydrogen-bond acceptors (Lipinski definition) is 4. The number of ether oxygens (including phenoxy) is 1. The highest BCUT2D eigenvalue weighted by Crippen LogP contribution is 2.24. The van der Waals surface area contributed by atoms with E-state index in [4.69, 9.17) is 10.5 Å². The van der Waals surface area contributed by atoms with E-state index in [-0.39, 0.29) is 23.4 Å². The van der Waals surface area contributed by atoms with Gasteiger partial charge in [-0.1, -0.05) is 19.9 Å². The van der Waals surface area contributed by atoms with E-state index in [0.29, 0.717) is 5.75 Å². The van der Waals surface area contributed by atoms with Gasteiger partial charge in [-0.05, 0) is 30.5 Å². The van der Waals surface area contributed by atoms with Gasteiger partial charge >= 0.3 is 0 Å². The van der Waals surface area contributed by atoms with Crippen molar-refractivity contribution in [2.75, 3.05) is 13.7 Å². The zero-order chi connectivity index (χ0) is 14.6. The Bertz CT molecular complexity index is 527.